The summed E-state index contributed by atoms with van der Waals surface area (Å²) in [4.78, 5) is 13.3. The molecule has 3 aliphatic carbocycles. The molecule has 5 atom stereocenters. The zero-order valence-electron chi connectivity index (χ0n) is 23.4. The molecule has 1 amide bonds. The first-order chi connectivity index (χ1) is 18.3. The number of sulfone groups is 1. The van der Waals surface area contributed by atoms with Crippen molar-refractivity contribution < 1.29 is 21.6 Å². The summed E-state index contributed by atoms with van der Waals surface area (Å²) in [7, 11) is -6.76. The summed E-state index contributed by atoms with van der Waals surface area (Å²) >= 11 is 0. The number of nitrogens with zero attached hydrogens (tertiary/aromatic N) is 1. The largest absolute Gasteiger partial charge is 0.351 e. The summed E-state index contributed by atoms with van der Waals surface area (Å²) in [6.45, 7) is 5.73. The topological polar surface area (TPSA) is 113 Å². The predicted molar refractivity (Wildman–Crippen MR) is 152 cm³/mol. The second kappa shape index (κ2) is 9.26. The molecule has 1 spiro atoms. The smallest absolute Gasteiger partial charge is 0.237 e. The number of sulfonamides is 1. The quantitative estimate of drug-likeness (QED) is 0.537. The minimum atomic E-state index is -3.53. The Labute approximate surface area is 233 Å². The summed E-state index contributed by atoms with van der Waals surface area (Å²) in [5.74, 6) is 0.214. The summed E-state index contributed by atoms with van der Waals surface area (Å²) in [5.41, 5.74) is 2.18. The molecule has 2 saturated heterocycles. The van der Waals surface area contributed by atoms with E-state index < -0.39 is 36.6 Å². The number of carbonyl (C=O) groups is 1. The van der Waals surface area contributed by atoms with Crippen LogP contribution in [-0.4, -0.2) is 76.0 Å². The van der Waals surface area contributed by atoms with Gasteiger partial charge >= 0.3 is 0 Å². The van der Waals surface area contributed by atoms with E-state index in [1.165, 1.54) is 17.4 Å². The van der Waals surface area contributed by atoms with Gasteiger partial charge in [-0.05, 0) is 79.2 Å². The highest BCUT2D eigenvalue weighted by Gasteiger charge is 2.66. The lowest BCUT2D eigenvalue weighted by Crippen LogP contribution is -2.57. The van der Waals surface area contributed by atoms with Crippen LogP contribution >= 0.6 is 0 Å². The monoisotopic (exact) mass is 577 g/mol. The molecule has 10 heteroatoms. The summed E-state index contributed by atoms with van der Waals surface area (Å²) in [6, 6.07) is 7.84. The first-order valence-corrected chi connectivity index (χ1v) is 18.1. The van der Waals surface area contributed by atoms with Crippen molar-refractivity contribution in [3.8, 4) is 0 Å². The number of hydrogen-bond donors (Lipinski definition) is 2. The van der Waals surface area contributed by atoms with Crippen molar-refractivity contribution in [2.75, 3.05) is 31.6 Å². The van der Waals surface area contributed by atoms with Gasteiger partial charge in [-0.1, -0.05) is 38.1 Å². The Kier molecular flexibility index (Phi) is 6.57. The van der Waals surface area contributed by atoms with Gasteiger partial charge in [0.05, 0.1) is 17.0 Å². The van der Waals surface area contributed by atoms with E-state index >= 15 is 0 Å². The van der Waals surface area contributed by atoms with Crippen LogP contribution in [-0.2, 0) is 36.5 Å². The maximum atomic E-state index is 14.0. The Balaban J connectivity index is 1.17. The summed E-state index contributed by atoms with van der Waals surface area (Å²) in [5, 5.41) is 5.73. The lowest BCUT2D eigenvalue weighted by atomic mass is 9.69. The molecule has 1 aromatic rings. The van der Waals surface area contributed by atoms with Crippen molar-refractivity contribution in [2.45, 2.75) is 88.0 Å². The molecule has 2 bridgehead atoms. The van der Waals surface area contributed by atoms with Gasteiger partial charge in [-0.25, -0.2) is 21.1 Å². The number of fused-ring (bicyclic) bond motifs is 4. The van der Waals surface area contributed by atoms with Gasteiger partial charge < -0.3 is 10.6 Å². The van der Waals surface area contributed by atoms with Gasteiger partial charge in [0.15, 0.2) is 9.84 Å². The molecule has 6 rings (SSSR count). The van der Waals surface area contributed by atoms with Crippen molar-refractivity contribution in [2.24, 2.45) is 16.7 Å². The van der Waals surface area contributed by atoms with Gasteiger partial charge in [0.25, 0.3) is 0 Å². The van der Waals surface area contributed by atoms with Gasteiger partial charge in [-0.3, -0.25) is 4.79 Å². The minimum absolute atomic E-state index is 0.0576. The Morgan fingerprint density at radius 3 is 2.44 bits per heavy atom. The molecule has 39 heavy (non-hydrogen) atoms. The minimum Gasteiger partial charge on any atom is -0.351 e. The number of amides is 1. The fourth-order valence-corrected chi connectivity index (χ4v) is 12.2. The predicted octanol–water partition coefficient (Wildman–Crippen LogP) is 2.38. The number of hydrogen-bond acceptors (Lipinski definition) is 6. The van der Waals surface area contributed by atoms with Crippen LogP contribution in [0.4, 0.5) is 0 Å². The van der Waals surface area contributed by atoms with E-state index in [2.05, 4.69) is 48.7 Å². The summed E-state index contributed by atoms with van der Waals surface area (Å²) < 4.78 is 53.8. The van der Waals surface area contributed by atoms with Crippen molar-refractivity contribution in [3.05, 3.63) is 35.4 Å². The highest BCUT2D eigenvalue weighted by molar-refractivity contribution is 7.91. The normalized spacial score (nSPS) is 35.4. The third-order valence-corrected chi connectivity index (χ3v) is 15.3. The molecule has 2 heterocycles. The molecular formula is C29H43N3O5S2. The summed E-state index contributed by atoms with van der Waals surface area (Å²) in [6.07, 6.45) is 7.90. The maximum absolute atomic E-state index is 14.0. The molecule has 0 radical (unpaired) electrons. The molecule has 0 aromatic heterocycles. The number of carbonyl (C=O) groups excluding carboxylic acids is 1. The van der Waals surface area contributed by atoms with Crippen LogP contribution in [0.2, 0.25) is 0 Å². The van der Waals surface area contributed by atoms with E-state index in [1.54, 1.807) is 4.31 Å². The van der Waals surface area contributed by atoms with E-state index in [9.17, 15) is 21.6 Å². The highest BCUT2D eigenvalue weighted by atomic mass is 32.2. The molecular weight excluding hydrogens is 534 g/mol. The van der Waals surface area contributed by atoms with Gasteiger partial charge in [0.1, 0.15) is 0 Å². The van der Waals surface area contributed by atoms with Crippen molar-refractivity contribution in [3.63, 3.8) is 0 Å². The Morgan fingerprint density at radius 1 is 1.05 bits per heavy atom. The lowest BCUT2D eigenvalue weighted by Gasteiger charge is -2.45. The molecule has 2 saturated carbocycles. The van der Waals surface area contributed by atoms with Crippen molar-refractivity contribution >= 4 is 25.8 Å². The molecule has 2 aliphatic heterocycles. The Morgan fingerprint density at radius 2 is 1.77 bits per heavy atom. The van der Waals surface area contributed by atoms with E-state index in [1.807, 2.05) is 0 Å². The molecule has 1 aromatic carbocycles. The number of benzene rings is 1. The third kappa shape index (κ3) is 4.39. The fraction of sp³-hybridized carbons (Fsp3) is 0.759. The van der Waals surface area contributed by atoms with Crippen molar-refractivity contribution in [1.29, 1.82) is 0 Å². The Bertz CT molecular complexity index is 1370. The number of nitrogens with one attached hydrogen (secondary N) is 2. The van der Waals surface area contributed by atoms with E-state index in [0.717, 1.165) is 44.9 Å². The second-order valence-electron chi connectivity index (χ2n) is 13.7. The van der Waals surface area contributed by atoms with Crippen LogP contribution in [0.1, 0.15) is 69.9 Å². The SMILES string of the molecule is CC1(C)[C@@H]2CC[C@@]1(CS(=O)(=O)N1CCC3(CCc4ccccc43)CC1)[C@@H](NC(=O)C1CC(S(C)(=O)=O)CN1)C2. The number of aryl methyl sites for hydroxylation is 1. The average molecular weight is 578 g/mol. The van der Waals surface area contributed by atoms with E-state index in [4.69, 9.17) is 0 Å². The number of piperidine rings is 1. The second-order valence-corrected chi connectivity index (χ2v) is 17.9. The van der Waals surface area contributed by atoms with E-state index in [-0.39, 0.29) is 41.5 Å². The Hall–Kier alpha value is -1.49. The van der Waals surface area contributed by atoms with Gasteiger partial charge in [0.2, 0.25) is 15.9 Å². The highest BCUT2D eigenvalue weighted by Crippen LogP contribution is 2.66. The molecule has 5 aliphatic rings. The standard InChI is InChI=1S/C29H43N3O5S2/c1-27(2)21-9-11-29(27,25(16-21)31-26(33)24-17-22(18-30-24)38(3,34)35)19-39(36,37)32-14-12-28(13-15-32)10-8-20-6-4-5-7-23(20)28/h4-7,21-22,24-25,30H,8-19H2,1-3H3,(H,31,33)/t21-,22?,24?,25+,29-/m1/s1. The van der Waals surface area contributed by atoms with Crippen LogP contribution in [0, 0.1) is 16.7 Å². The lowest BCUT2D eigenvalue weighted by molar-refractivity contribution is -0.124. The van der Waals surface area contributed by atoms with Gasteiger partial charge in [-0.2, -0.15) is 0 Å². The van der Waals surface area contributed by atoms with Crippen molar-refractivity contribution in [1.82, 2.24) is 14.9 Å². The van der Waals surface area contributed by atoms with E-state index in [0.29, 0.717) is 19.0 Å². The third-order valence-electron chi connectivity index (χ3n) is 11.7. The molecule has 8 nitrogen and oxygen atoms in total. The van der Waals surface area contributed by atoms with Crippen LogP contribution in [0.5, 0.6) is 0 Å². The molecule has 2 unspecified atom stereocenters. The van der Waals surface area contributed by atoms with Gasteiger partial charge in [0, 0.05) is 37.3 Å². The first kappa shape index (κ1) is 27.7. The van der Waals surface area contributed by atoms with Crippen LogP contribution in [0.3, 0.4) is 0 Å². The van der Waals surface area contributed by atoms with Gasteiger partial charge in [-0.15, -0.1) is 0 Å². The molecule has 4 fully saturated rings. The van der Waals surface area contributed by atoms with Crippen LogP contribution < -0.4 is 10.6 Å². The van der Waals surface area contributed by atoms with Crippen LogP contribution in [0.15, 0.2) is 24.3 Å². The van der Waals surface area contributed by atoms with Crippen LogP contribution in [0.25, 0.3) is 0 Å². The zero-order chi connectivity index (χ0) is 27.8. The number of rotatable bonds is 6. The average Bonchev–Trinajstić information content (AvgIpc) is 3.60. The fourth-order valence-electron chi connectivity index (χ4n) is 9.02. The zero-order valence-corrected chi connectivity index (χ0v) is 25.0. The molecule has 216 valence electrons. The first-order valence-electron chi connectivity index (χ1n) is 14.6. The maximum Gasteiger partial charge on any atom is 0.237 e. The molecule has 2 N–H and O–H groups in total.